The molecule has 3 atom stereocenters. The van der Waals surface area contributed by atoms with Crippen molar-refractivity contribution in [1.82, 2.24) is 5.32 Å². The number of carbonyl (C=O) groups excluding carboxylic acids is 1. The van der Waals surface area contributed by atoms with Gasteiger partial charge in [-0.15, -0.1) is 0 Å². The van der Waals surface area contributed by atoms with Gasteiger partial charge in [0.1, 0.15) is 0 Å². The Balaban J connectivity index is 2.53. The summed E-state index contributed by atoms with van der Waals surface area (Å²) in [6.07, 6.45) is 0.918. The van der Waals surface area contributed by atoms with E-state index < -0.39 is 23.5 Å². The van der Waals surface area contributed by atoms with Crippen molar-refractivity contribution in [2.24, 2.45) is 11.8 Å². The van der Waals surface area contributed by atoms with E-state index in [1.165, 1.54) is 0 Å². The largest absolute Gasteiger partial charge is 0.481 e. The van der Waals surface area contributed by atoms with Crippen molar-refractivity contribution in [3.05, 3.63) is 0 Å². The number of carboxylic acid groups (broad SMARTS) is 1. The van der Waals surface area contributed by atoms with Crippen LogP contribution in [0.4, 0.5) is 0 Å². The second-order valence-corrected chi connectivity index (χ2v) is 5.43. The summed E-state index contributed by atoms with van der Waals surface area (Å²) in [5.74, 6) is -1.62. The number of hydrogen-bond donors (Lipinski definition) is 3. The average Bonchev–Trinajstić information content (AvgIpc) is 2.65. The van der Waals surface area contributed by atoms with Crippen LogP contribution in [0.15, 0.2) is 0 Å². The van der Waals surface area contributed by atoms with E-state index in [9.17, 15) is 14.7 Å². The molecule has 0 saturated heterocycles. The third kappa shape index (κ3) is 3.43. The minimum atomic E-state index is -0.824. The molecule has 1 aliphatic rings. The topological polar surface area (TPSA) is 86.6 Å². The summed E-state index contributed by atoms with van der Waals surface area (Å²) in [6, 6.07) is 0. The minimum absolute atomic E-state index is 0.153. The van der Waals surface area contributed by atoms with E-state index in [0.29, 0.717) is 19.3 Å². The van der Waals surface area contributed by atoms with Gasteiger partial charge in [-0.1, -0.05) is 0 Å². The molecule has 0 bridgehead atoms. The van der Waals surface area contributed by atoms with Crippen LogP contribution in [-0.2, 0) is 9.59 Å². The highest BCUT2D eigenvalue weighted by Gasteiger charge is 2.36. The summed E-state index contributed by atoms with van der Waals surface area (Å²) in [5.41, 5.74) is -0.682. The van der Waals surface area contributed by atoms with Crippen LogP contribution in [0, 0.1) is 11.8 Å². The van der Waals surface area contributed by atoms with Gasteiger partial charge in [0, 0.05) is 5.92 Å². The standard InChI is InChI=1S/C12H21NO4/c1-7(14)12(2,3)13-10(15)8-4-5-9(6-8)11(16)17/h7-9,14H,4-6H2,1-3H3,(H,13,15)(H,16,17). The van der Waals surface area contributed by atoms with Crippen molar-refractivity contribution in [2.45, 2.75) is 51.7 Å². The fourth-order valence-corrected chi connectivity index (χ4v) is 1.97. The zero-order chi connectivity index (χ0) is 13.2. The molecular formula is C12H21NO4. The Labute approximate surface area is 101 Å². The van der Waals surface area contributed by atoms with Gasteiger partial charge in [-0.25, -0.2) is 0 Å². The first-order chi connectivity index (χ1) is 7.74. The van der Waals surface area contributed by atoms with Crippen molar-refractivity contribution in [1.29, 1.82) is 0 Å². The number of nitrogens with one attached hydrogen (secondary N) is 1. The van der Waals surface area contributed by atoms with Gasteiger partial charge in [0.2, 0.25) is 5.91 Å². The molecule has 5 heteroatoms. The number of carbonyl (C=O) groups is 2. The molecule has 0 aliphatic heterocycles. The quantitative estimate of drug-likeness (QED) is 0.680. The number of rotatable bonds is 4. The average molecular weight is 243 g/mol. The Bertz CT molecular complexity index is 312. The summed E-state index contributed by atoms with van der Waals surface area (Å²) in [5, 5.41) is 21.1. The van der Waals surface area contributed by atoms with Crippen molar-refractivity contribution in [3.63, 3.8) is 0 Å². The summed E-state index contributed by atoms with van der Waals surface area (Å²) < 4.78 is 0. The van der Waals surface area contributed by atoms with E-state index in [0.717, 1.165) is 0 Å². The molecular weight excluding hydrogens is 222 g/mol. The Morgan fingerprint density at radius 1 is 1.29 bits per heavy atom. The molecule has 1 aliphatic carbocycles. The van der Waals surface area contributed by atoms with Crippen molar-refractivity contribution in [3.8, 4) is 0 Å². The Hall–Kier alpha value is -1.10. The monoisotopic (exact) mass is 243 g/mol. The Kier molecular flexibility index (Phi) is 4.14. The first-order valence-electron chi connectivity index (χ1n) is 5.97. The van der Waals surface area contributed by atoms with Crippen LogP contribution >= 0.6 is 0 Å². The number of carboxylic acids is 1. The molecule has 0 aromatic carbocycles. The van der Waals surface area contributed by atoms with Gasteiger partial charge in [0.25, 0.3) is 0 Å². The number of aliphatic carboxylic acids is 1. The second-order valence-electron chi connectivity index (χ2n) is 5.43. The molecule has 1 rings (SSSR count). The maximum Gasteiger partial charge on any atom is 0.306 e. The molecule has 3 unspecified atom stereocenters. The van der Waals surface area contributed by atoms with Gasteiger partial charge in [-0.2, -0.15) is 0 Å². The number of aliphatic hydroxyl groups is 1. The van der Waals surface area contributed by atoms with E-state index in [1.54, 1.807) is 20.8 Å². The third-order valence-electron chi connectivity index (χ3n) is 3.64. The van der Waals surface area contributed by atoms with Crippen LogP contribution in [0.25, 0.3) is 0 Å². The van der Waals surface area contributed by atoms with Crippen molar-refractivity contribution in [2.75, 3.05) is 0 Å². The van der Waals surface area contributed by atoms with Gasteiger partial charge >= 0.3 is 5.97 Å². The molecule has 0 radical (unpaired) electrons. The summed E-state index contributed by atoms with van der Waals surface area (Å²) in [6.45, 7) is 5.12. The molecule has 0 aromatic rings. The molecule has 0 aromatic heterocycles. The molecule has 98 valence electrons. The summed E-state index contributed by atoms with van der Waals surface area (Å²) >= 11 is 0. The van der Waals surface area contributed by atoms with Crippen molar-refractivity contribution >= 4 is 11.9 Å². The first kappa shape index (κ1) is 14.0. The van der Waals surface area contributed by atoms with Gasteiger partial charge in [0.05, 0.1) is 17.6 Å². The van der Waals surface area contributed by atoms with Crippen LogP contribution in [0.3, 0.4) is 0 Å². The molecule has 0 heterocycles. The zero-order valence-electron chi connectivity index (χ0n) is 10.6. The van der Waals surface area contributed by atoms with Crippen molar-refractivity contribution < 1.29 is 19.8 Å². The normalized spacial score (nSPS) is 26.6. The number of amides is 1. The molecule has 17 heavy (non-hydrogen) atoms. The lowest BCUT2D eigenvalue weighted by Gasteiger charge is -2.30. The molecule has 0 spiro atoms. The fraction of sp³-hybridized carbons (Fsp3) is 0.833. The summed E-state index contributed by atoms with van der Waals surface area (Å²) in [7, 11) is 0. The maximum atomic E-state index is 11.9. The maximum absolute atomic E-state index is 11.9. The van der Waals surface area contributed by atoms with Crippen LogP contribution in [-0.4, -0.2) is 33.7 Å². The molecule has 5 nitrogen and oxygen atoms in total. The molecule has 3 N–H and O–H groups in total. The van der Waals surface area contributed by atoms with Gasteiger partial charge in [-0.3, -0.25) is 9.59 Å². The second kappa shape index (κ2) is 5.04. The van der Waals surface area contributed by atoms with E-state index in [4.69, 9.17) is 5.11 Å². The van der Waals surface area contributed by atoms with Gasteiger partial charge in [0.15, 0.2) is 0 Å². The predicted octanol–water partition coefficient (Wildman–Crippen LogP) is 0.763. The van der Waals surface area contributed by atoms with E-state index in [2.05, 4.69) is 5.32 Å². The van der Waals surface area contributed by atoms with Crippen LogP contribution in [0.2, 0.25) is 0 Å². The highest BCUT2D eigenvalue weighted by molar-refractivity contribution is 5.81. The minimum Gasteiger partial charge on any atom is -0.481 e. The molecule has 1 fully saturated rings. The fourth-order valence-electron chi connectivity index (χ4n) is 1.97. The molecule has 1 amide bonds. The zero-order valence-corrected chi connectivity index (χ0v) is 10.6. The first-order valence-corrected chi connectivity index (χ1v) is 5.97. The lowest BCUT2D eigenvalue weighted by atomic mass is 9.96. The Morgan fingerprint density at radius 3 is 2.24 bits per heavy atom. The number of aliphatic hydroxyl groups excluding tert-OH is 1. The Morgan fingerprint density at radius 2 is 1.82 bits per heavy atom. The van der Waals surface area contributed by atoms with Gasteiger partial charge < -0.3 is 15.5 Å². The predicted molar refractivity (Wildman–Crippen MR) is 62.4 cm³/mol. The third-order valence-corrected chi connectivity index (χ3v) is 3.64. The van der Waals surface area contributed by atoms with E-state index in [-0.39, 0.29) is 11.8 Å². The number of hydrogen-bond acceptors (Lipinski definition) is 3. The van der Waals surface area contributed by atoms with Crippen LogP contribution in [0.1, 0.15) is 40.0 Å². The van der Waals surface area contributed by atoms with E-state index in [1.807, 2.05) is 0 Å². The highest BCUT2D eigenvalue weighted by Crippen LogP contribution is 2.31. The highest BCUT2D eigenvalue weighted by atomic mass is 16.4. The van der Waals surface area contributed by atoms with Crippen LogP contribution in [0.5, 0.6) is 0 Å². The lowest BCUT2D eigenvalue weighted by molar-refractivity contribution is -0.141. The SMILES string of the molecule is CC(O)C(C)(C)NC(=O)C1CCC(C(=O)O)C1. The van der Waals surface area contributed by atoms with E-state index >= 15 is 0 Å². The van der Waals surface area contributed by atoms with Crippen LogP contribution < -0.4 is 5.32 Å². The lowest BCUT2D eigenvalue weighted by Crippen LogP contribution is -2.52. The molecule has 1 saturated carbocycles. The smallest absolute Gasteiger partial charge is 0.306 e. The summed E-state index contributed by atoms with van der Waals surface area (Å²) in [4.78, 5) is 22.7. The van der Waals surface area contributed by atoms with Gasteiger partial charge in [-0.05, 0) is 40.0 Å².